The van der Waals surface area contributed by atoms with Crippen molar-refractivity contribution in [3.05, 3.63) is 0 Å². The fourth-order valence-corrected chi connectivity index (χ4v) is 2.85. The molecule has 0 saturated carbocycles. The SMILES string of the molecule is CC1COC(CBr)CN1CCCS(C)(=O)=O. The van der Waals surface area contributed by atoms with E-state index in [1.165, 1.54) is 6.26 Å². The van der Waals surface area contributed by atoms with Gasteiger partial charge < -0.3 is 4.74 Å². The smallest absolute Gasteiger partial charge is 0.147 e. The molecule has 1 aliphatic rings. The Morgan fingerprint density at radius 1 is 1.50 bits per heavy atom. The lowest BCUT2D eigenvalue weighted by atomic mass is 10.2. The lowest BCUT2D eigenvalue weighted by Crippen LogP contribution is -2.49. The molecule has 0 radical (unpaired) electrons. The zero-order valence-electron chi connectivity index (χ0n) is 9.86. The van der Waals surface area contributed by atoms with Gasteiger partial charge in [0.1, 0.15) is 9.84 Å². The predicted molar refractivity (Wildman–Crippen MR) is 68.9 cm³/mol. The van der Waals surface area contributed by atoms with E-state index in [1.54, 1.807) is 0 Å². The lowest BCUT2D eigenvalue weighted by molar-refractivity contribution is -0.0462. The Morgan fingerprint density at radius 2 is 2.19 bits per heavy atom. The molecule has 1 heterocycles. The van der Waals surface area contributed by atoms with Crippen LogP contribution in [0.4, 0.5) is 0 Å². The summed E-state index contributed by atoms with van der Waals surface area (Å²) < 4.78 is 27.7. The number of hydrogen-bond acceptors (Lipinski definition) is 4. The number of alkyl halides is 1. The van der Waals surface area contributed by atoms with Gasteiger partial charge in [-0.2, -0.15) is 0 Å². The first-order chi connectivity index (χ1) is 7.42. The zero-order chi connectivity index (χ0) is 12.2. The third kappa shape index (κ3) is 5.12. The van der Waals surface area contributed by atoms with E-state index in [9.17, 15) is 8.42 Å². The first kappa shape index (κ1) is 14.4. The van der Waals surface area contributed by atoms with Gasteiger partial charge >= 0.3 is 0 Å². The average Bonchev–Trinajstić information content (AvgIpc) is 2.19. The van der Waals surface area contributed by atoms with E-state index in [4.69, 9.17) is 4.74 Å². The van der Waals surface area contributed by atoms with Crippen molar-refractivity contribution in [1.29, 1.82) is 0 Å². The molecule has 4 nitrogen and oxygen atoms in total. The van der Waals surface area contributed by atoms with Crippen molar-refractivity contribution in [1.82, 2.24) is 4.90 Å². The monoisotopic (exact) mass is 313 g/mol. The van der Waals surface area contributed by atoms with Crippen LogP contribution in [-0.2, 0) is 14.6 Å². The molecular formula is C10H20BrNO3S. The summed E-state index contributed by atoms with van der Waals surface area (Å²) in [6.45, 7) is 4.57. The molecule has 16 heavy (non-hydrogen) atoms. The van der Waals surface area contributed by atoms with Gasteiger partial charge in [0.15, 0.2) is 0 Å². The largest absolute Gasteiger partial charge is 0.374 e. The van der Waals surface area contributed by atoms with Gasteiger partial charge in [-0.05, 0) is 19.9 Å². The highest BCUT2D eigenvalue weighted by atomic mass is 79.9. The number of nitrogens with zero attached hydrogens (tertiary/aromatic N) is 1. The van der Waals surface area contributed by atoms with Crippen molar-refractivity contribution in [2.24, 2.45) is 0 Å². The molecule has 1 aliphatic heterocycles. The molecule has 0 aromatic carbocycles. The predicted octanol–water partition coefficient (Wildman–Crippen LogP) is 0.905. The summed E-state index contributed by atoms with van der Waals surface area (Å²) in [5.41, 5.74) is 0. The minimum Gasteiger partial charge on any atom is -0.374 e. The molecule has 0 aromatic heterocycles. The molecule has 1 saturated heterocycles. The maximum absolute atomic E-state index is 11.0. The van der Waals surface area contributed by atoms with E-state index in [2.05, 4.69) is 27.8 Å². The minimum atomic E-state index is -2.83. The van der Waals surface area contributed by atoms with Crippen molar-refractivity contribution in [2.75, 3.05) is 37.0 Å². The topological polar surface area (TPSA) is 46.6 Å². The average molecular weight is 314 g/mol. The molecule has 0 amide bonds. The van der Waals surface area contributed by atoms with Gasteiger partial charge in [-0.25, -0.2) is 8.42 Å². The molecule has 1 fully saturated rings. The Bertz CT molecular complexity index is 307. The lowest BCUT2D eigenvalue weighted by Gasteiger charge is -2.37. The van der Waals surface area contributed by atoms with E-state index >= 15 is 0 Å². The van der Waals surface area contributed by atoms with E-state index in [-0.39, 0.29) is 11.9 Å². The van der Waals surface area contributed by atoms with E-state index in [0.717, 1.165) is 25.0 Å². The van der Waals surface area contributed by atoms with Crippen molar-refractivity contribution >= 4 is 25.8 Å². The maximum atomic E-state index is 11.0. The van der Waals surface area contributed by atoms with Crippen LogP contribution in [0, 0.1) is 0 Å². The fourth-order valence-electron chi connectivity index (χ4n) is 1.81. The number of rotatable bonds is 5. The minimum absolute atomic E-state index is 0.231. The summed E-state index contributed by atoms with van der Waals surface area (Å²) in [7, 11) is -2.83. The second kappa shape index (κ2) is 6.33. The van der Waals surface area contributed by atoms with Crippen LogP contribution in [0.25, 0.3) is 0 Å². The Kier molecular flexibility index (Phi) is 5.70. The van der Waals surface area contributed by atoms with Crippen LogP contribution in [0.1, 0.15) is 13.3 Å². The van der Waals surface area contributed by atoms with Crippen LogP contribution in [-0.4, -0.2) is 62.5 Å². The highest BCUT2D eigenvalue weighted by Gasteiger charge is 2.24. The van der Waals surface area contributed by atoms with Crippen molar-refractivity contribution in [2.45, 2.75) is 25.5 Å². The van der Waals surface area contributed by atoms with Gasteiger partial charge in [0.25, 0.3) is 0 Å². The van der Waals surface area contributed by atoms with Crippen LogP contribution in [0.2, 0.25) is 0 Å². The number of halogens is 1. The number of sulfone groups is 1. The van der Waals surface area contributed by atoms with Crippen LogP contribution in [0.3, 0.4) is 0 Å². The highest BCUT2D eigenvalue weighted by molar-refractivity contribution is 9.09. The number of morpholine rings is 1. The summed E-state index contributed by atoms with van der Waals surface area (Å²) in [5.74, 6) is 0.274. The second-order valence-electron chi connectivity index (χ2n) is 4.44. The molecule has 0 aliphatic carbocycles. The van der Waals surface area contributed by atoms with Gasteiger partial charge in [-0.15, -0.1) is 0 Å². The van der Waals surface area contributed by atoms with E-state index in [1.807, 2.05) is 0 Å². The normalized spacial score (nSPS) is 28.2. The molecule has 0 bridgehead atoms. The van der Waals surface area contributed by atoms with Gasteiger partial charge in [0.05, 0.1) is 18.5 Å². The van der Waals surface area contributed by atoms with Crippen LogP contribution in [0.15, 0.2) is 0 Å². The Balaban J connectivity index is 2.34. The van der Waals surface area contributed by atoms with Crippen molar-refractivity contribution in [3.8, 4) is 0 Å². The van der Waals surface area contributed by atoms with Gasteiger partial charge in [0, 0.05) is 24.2 Å². The summed E-state index contributed by atoms with van der Waals surface area (Å²) in [5, 5.41) is 0.836. The van der Waals surface area contributed by atoms with E-state index in [0.29, 0.717) is 12.5 Å². The number of ether oxygens (including phenoxy) is 1. The molecule has 2 unspecified atom stereocenters. The molecule has 2 atom stereocenters. The summed E-state index contributed by atoms with van der Waals surface area (Å²) in [6.07, 6.45) is 2.23. The third-order valence-electron chi connectivity index (χ3n) is 2.77. The van der Waals surface area contributed by atoms with Crippen LogP contribution < -0.4 is 0 Å². The van der Waals surface area contributed by atoms with Crippen LogP contribution in [0.5, 0.6) is 0 Å². The molecule has 0 N–H and O–H groups in total. The van der Waals surface area contributed by atoms with Crippen molar-refractivity contribution < 1.29 is 13.2 Å². The van der Waals surface area contributed by atoms with Crippen molar-refractivity contribution in [3.63, 3.8) is 0 Å². The van der Waals surface area contributed by atoms with Crippen LogP contribution >= 0.6 is 15.9 Å². The maximum Gasteiger partial charge on any atom is 0.147 e. The standard InChI is InChI=1S/C10H20BrNO3S/c1-9-8-15-10(6-11)7-12(9)4-3-5-16(2,13)14/h9-10H,3-8H2,1-2H3. The first-order valence-electron chi connectivity index (χ1n) is 5.51. The highest BCUT2D eigenvalue weighted by Crippen LogP contribution is 2.13. The second-order valence-corrected chi connectivity index (χ2v) is 7.34. The van der Waals surface area contributed by atoms with E-state index < -0.39 is 9.84 Å². The summed E-state index contributed by atoms with van der Waals surface area (Å²) in [6, 6.07) is 0.384. The molecule has 1 rings (SSSR count). The fraction of sp³-hybridized carbons (Fsp3) is 1.00. The Hall–Kier alpha value is 0.350. The molecule has 0 spiro atoms. The third-order valence-corrected chi connectivity index (χ3v) is 4.52. The Labute approximate surface area is 106 Å². The Morgan fingerprint density at radius 3 is 2.75 bits per heavy atom. The quantitative estimate of drug-likeness (QED) is 0.708. The molecular weight excluding hydrogens is 294 g/mol. The molecule has 6 heteroatoms. The summed E-state index contributed by atoms with van der Waals surface area (Å²) >= 11 is 3.41. The van der Waals surface area contributed by atoms with Gasteiger partial charge in [0.2, 0.25) is 0 Å². The zero-order valence-corrected chi connectivity index (χ0v) is 12.3. The van der Waals surface area contributed by atoms with Gasteiger partial charge in [-0.3, -0.25) is 4.90 Å². The summed E-state index contributed by atoms with van der Waals surface area (Å²) in [4.78, 5) is 2.31. The first-order valence-corrected chi connectivity index (χ1v) is 8.70. The molecule has 0 aromatic rings. The molecule has 96 valence electrons. The van der Waals surface area contributed by atoms with Gasteiger partial charge in [-0.1, -0.05) is 15.9 Å². The number of hydrogen-bond donors (Lipinski definition) is 0.